The highest BCUT2D eigenvalue weighted by Gasteiger charge is 2.44. The average molecular weight is 774 g/mol. The van der Waals surface area contributed by atoms with E-state index in [0.29, 0.717) is 73.6 Å². The molecule has 6 rings (SSSR count). The number of hydrogen-bond acceptors (Lipinski definition) is 10. The van der Waals surface area contributed by atoms with Crippen molar-refractivity contribution in [2.24, 2.45) is 0 Å². The number of carbonyl (C=O) groups is 3. The molecule has 14 heteroatoms. The van der Waals surface area contributed by atoms with Gasteiger partial charge in [-0.25, -0.2) is 4.79 Å². The van der Waals surface area contributed by atoms with Crippen LogP contribution >= 0.6 is 0 Å². The molecule has 2 N–H and O–H groups in total. The first-order valence-electron chi connectivity index (χ1n) is 19.2. The maximum Gasteiger partial charge on any atom is 0.318 e. The van der Waals surface area contributed by atoms with Crippen LogP contribution in [0.25, 0.3) is 0 Å². The van der Waals surface area contributed by atoms with Crippen LogP contribution in [0, 0.1) is 0 Å². The van der Waals surface area contributed by atoms with Gasteiger partial charge in [-0.2, -0.15) is 0 Å². The summed E-state index contributed by atoms with van der Waals surface area (Å²) in [5, 5.41) is 12.6. The summed E-state index contributed by atoms with van der Waals surface area (Å²) in [5.74, 6) is 1.59. The molecule has 0 radical (unpaired) electrons. The fourth-order valence-electron chi connectivity index (χ4n) is 8.54. The van der Waals surface area contributed by atoms with Gasteiger partial charge in [0.2, 0.25) is 5.75 Å². The van der Waals surface area contributed by atoms with Crippen LogP contribution in [-0.4, -0.2) is 144 Å². The lowest BCUT2D eigenvalue weighted by Crippen LogP contribution is -2.59. The summed E-state index contributed by atoms with van der Waals surface area (Å²) in [6.07, 6.45) is 3.02. The molecule has 3 aliphatic heterocycles. The fourth-order valence-corrected chi connectivity index (χ4v) is 8.54. The second kappa shape index (κ2) is 17.7. The first-order chi connectivity index (χ1) is 27.1. The zero-order valence-electron chi connectivity index (χ0n) is 33.2. The predicted molar refractivity (Wildman–Crippen MR) is 210 cm³/mol. The van der Waals surface area contributed by atoms with E-state index < -0.39 is 11.5 Å². The Labute approximate surface area is 329 Å². The number of aliphatic carboxylic acids is 1. The van der Waals surface area contributed by atoms with E-state index in [9.17, 15) is 19.5 Å². The van der Waals surface area contributed by atoms with Gasteiger partial charge in [-0.05, 0) is 67.6 Å². The Hall–Kier alpha value is -5.21. The molecule has 14 nitrogen and oxygen atoms in total. The lowest BCUT2D eigenvalue weighted by molar-refractivity contribution is -0.138. The standard InChI is InChI=1S/C42H55N5O9/c1-52-33-12-11-32(27-34(33)53-2)41(14-20-47(29-41)39(50)30-25-35(54-3)38(56-5)36(26-30)55-4)13-17-44-18-15-42(16-19-44,31-9-7-6-8-10-31)43-40(51)46-23-21-45(22-24-46)28-37(48)49/h6-12,25-27H,13-24,28-29H2,1-5H3,(H,43,51)(H,48,49). The summed E-state index contributed by atoms with van der Waals surface area (Å²) in [7, 11) is 7.87. The highest BCUT2D eigenvalue weighted by Crippen LogP contribution is 2.44. The maximum atomic E-state index is 14.2. The Morgan fingerprint density at radius 1 is 0.661 bits per heavy atom. The van der Waals surface area contributed by atoms with Gasteiger partial charge < -0.3 is 48.8 Å². The number of likely N-dealkylation sites (tertiary alicyclic amines) is 2. The van der Waals surface area contributed by atoms with Crippen LogP contribution in [0.3, 0.4) is 0 Å². The minimum Gasteiger partial charge on any atom is -0.493 e. The quantitative estimate of drug-likeness (QED) is 0.242. The van der Waals surface area contributed by atoms with Gasteiger partial charge in [0, 0.05) is 63.3 Å². The van der Waals surface area contributed by atoms with Gasteiger partial charge in [0.25, 0.3) is 5.91 Å². The van der Waals surface area contributed by atoms with E-state index in [1.54, 1.807) is 31.3 Å². The molecule has 3 aliphatic rings. The second-order valence-corrected chi connectivity index (χ2v) is 14.9. The zero-order valence-corrected chi connectivity index (χ0v) is 33.2. The van der Waals surface area contributed by atoms with Crippen molar-refractivity contribution in [3.05, 3.63) is 77.4 Å². The molecule has 1 atom stereocenters. The lowest BCUT2D eigenvalue weighted by atomic mass is 9.76. The van der Waals surface area contributed by atoms with Crippen molar-refractivity contribution < 1.29 is 43.2 Å². The number of piperazine rings is 1. The van der Waals surface area contributed by atoms with Crippen molar-refractivity contribution in [3.63, 3.8) is 0 Å². The number of carboxylic acids is 1. The molecule has 56 heavy (non-hydrogen) atoms. The molecular formula is C42H55N5O9. The Morgan fingerprint density at radius 3 is 1.89 bits per heavy atom. The van der Waals surface area contributed by atoms with Gasteiger partial charge in [0.1, 0.15) is 0 Å². The SMILES string of the molecule is COc1ccc(C2(CCN3CCC(NC(=O)N4CCN(CC(=O)O)CC4)(c4ccccc4)CC3)CCN(C(=O)c3cc(OC)c(OC)c(OC)c3)C2)cc1OC. The lowest BCUT2D eigenvalue weighted by Gasteiger charge is -2.45. The highest BCUT2D eigenvalue weighted by atomic mass is 16.5. The normalized spacial score (nSPS) is 19.9. The third-order valence-corrected chi connectivity index (χ3v) is 11.9. The van der Waals surface area contributed by atoms with Crippen LogP contribution in [0.15, 0.2) is 60.7 Å². The Balaban J connectivity index is 1.19. The average Bonchev–Trinajstić information content (AvgIpc) is 3.68. The Bertz CT molecular complexity index is 1820. The van der Waals surface area contributed by atoms with Crippen LogP contribution in [0.4, 0.5) is 4.79 Å². The summed E-state index contributed by atoms with van der Waals surface area (Å²) in [6.45, 7) is 5.42. The molecule has 3 amide bonds. The predicted octanol–water partition coefficient (Wildman–Crippen LogP) is 4.31. The number of ether oxygens (including phenoxy) is 5. The largest absolute Gasteiger partial charge is 0.493 e. The van der Waals surface area contributed by atoms with Crippen molar-refractivity contribution in [1.82, 2.24) is 24.9 Å². The number of nitrogens with zero attached hydrogens (tertiary/aromatic N) is 4. The number of methoxy groups -OCH3 is 5. The third-order valence-electron chi connectivity index (χ3n) is 11.9. The summed E-state index contributed by atoms with van der Waals surface area (Å²) in [5.41, 5.74) is 1.73. The summed E-state index contributed by atoms with van der Waals surface area (Å²) < 4.78 is 27.9. The molecule has 3 saturated heterocycles. The van der Waals surface area contributed by atoms with Gasteiger partial charge in [0.05, 0.1) is 47.6 Å². The van der Waals surface area contributed by atoms with Crippen LogP contribution in [-0.2, 0) is 15.7 Å². The van der Waals surface area contributed by atoms with E-state index in [4.69, 9.17) is 23.7 Å². The van der Waals surface area contributed by atoms with Crippen molar-refractivity contribution in [2.75, 3.05) is 101 Å². The molecule has 3 heterocycles. The first kappa shape index (κ1) is 40.5. The molecule has 302 valence electrons. The number of benzene rings is 3. The smallest absolute Gasteiger partial charge is 0.318 e. The number of carbonyl (C=O) groups excluding carboxylic acids is 2. The molecule has 0 aliphatic carbocycles. The minimum atomic E-state index is -0.860. The van der Waals surface area contributed by atoms with Crippen molar-refractivity contribution in [3.8, 4) is 28.7 Å². The van der Waals surface area contributed by atoms with Gasteiger partial charge >= 0.3 is 12.0 Å². The van der Waals surface area contributed by atoms with Crippen LogP contribution in [0.1, 0.15) is 47.2 Å². The monoisotopic (exact) mass is 773 g/mol. The van der Waals surface area contributed by atoms with E-state index in [0.717, 1.165) is 56.4 Å². The van der Waals surface area contributed by atoms with Gasteiger partial charge in [0.15, 0.2) is 23.0 Å². The number of piperidine rings is 1. The molecule has 3 aromatic carbocycles. The molecule has 0 spiro atoms. The molecule has 0 aromatic heterocycles. The topological polar surface area (TPSA) is 143 Å². The molecule has 0 saturated carbocycles. The number of urea groups is 1. The summed E-state index contributed by atoms with van der Waals surface area (Å²) >= 11 is 0. The number of nitrogens with one attached hydrogen (secondary N) is 1. The van der Waals surface area contributed by atoms with Crippen LogP contribution < -0.4 is 29.0 Å². The van der Waals surface area contributed by atoms with Crippen molar-refractivity contribution in [2.45, 2.75) is 36.6 Å². The van der Waals surface area contributed by atoms with Gasteiger partial charge in [-0.1, -0.05) is 36.4 Å². The molecule has 0 bridgehead atoms. The molecule has 3 fully saturated rings. The second-order valence-electron chi connectivity index (χ2n) is 14.9. The Kier molecular flexibility index (Phi) is 12.8. The van der Waals surface area contributed by atoms with E-state index >= 15 is 0 Å². The highest BCUT2D eigenvalue weighted by molar-refractivity contribution is 5.96. The summed E-state index contributed by atoms with van der Waals surface area (Å²) in [6, 6.07) is 19.5. The van der Waals surface area contributed by atoms with Crippen LogP contribution in [0.5, 0.6) is 28.7 Å². The third kappa shape index (κ3) is 8.61. The van der Waals surface area contributed by atoms with E-state index in [-0.39, 0.29) is 23.9 Å². The minimum absolute atomic E-state index is 0.0198. The number of hydrogen-bond donors (Lipinski definition) is 2. The molecular weight excluding hydrogens is 718 g/mol. The van der Waals surface area contributed by atoms with Gasteiger partial charge in [-0.15, -0.1) is 0 Å². The molecule has 3 aromatic rings. The number of amides is 3. The Morgan fingerprint density at radius 2 is 1.30 bits per heavy atom. The first-order valence-corrected chi connectivity index (χ1v) is 19.2. The van der Waals surface area contributed by atoms with E-state index in [2.05, 4.69) is 28.4 Å². The fraction of sp³-hybridized carbons (Fsp3) is 0.500. The van der Waals surface area contributed by atoms with E-state index in [1.807, 2.05) is 40.1 Å². The number of rotatable bonds is 14. The van der Waals surface area contributed by atoms with Gasteiger partial charge in [-0.3, -0.25) is 14.5 Å². The number of carboxylic acid groups (broad SMARTS) is 1. The molecule has 1 unspecified atom stereocenters. The van der Waals surface area contributed by atoms with Crippen LogP contribution in [0.2, 0.25) is 0 Å². The zero-order chi connectivity index (χ0) is 39.9. The van der Waals surface area contributed by atoms with E-state index in [1.165, 1.54) is 21.3 Å². The van der Waals surface area contributed by atoms with Crippen molar-refractivity contribution >= 4 is 17.9 Å². The van der Waals surface area contributed by atoms with Crippen molar-refractivity contribution in [1.29, 1.82) is 0 Å². The summed E-state index contributed by atoms with van der Waals surface area (Å²) in [4.78, 5) is 47.1. The maximum absolute atomic E-state index is 14.2.